The fourth-order valence-corrected chi connectivity index (χ4v) is 6.31. The highest BCUT2D eigenvalue weighted by molar-refractivity contribution is 14.1. The molecule has 140 valence electrons. The predicted molar refractivity (Wildman–Crippen MR) is 122 cm³/mol. The number of hydrogen-bond donors (Lipinski definition) is 2. The second-order valence-electron chi connectivity index (χ2n) is 5.98. The van der Waals surface area contributed by atoms with E-state index in [1.165, 1.54) is 4.88 Å². The molecule has 3 aromatic rings. The third kappa shape index (κ3) is 4.14. The second kappa shape index (κ2) is 8.89. The van der Waals surface area contributed by atoms with Gasteiger partial charge >= 0.3 is 0 Å². The van der Waals surface area contributed by atoms with E-state index in [0.29, 0.717) is 5.15 Å². The molecule has 0 aromatic carbocycles. The van der Waals surface area contributed by atoms with Crippen LogP contribution in [0.4, 0.5) is 5.69 Å². The topological polar surface area (TPSA) is 60.2 Å². The van der Waals surface area contributed by atoms with Crippen molar-refractivity contribution >= 4 is 85.2 Å². The molecule has 1 aliphatic heterocycles. The van der Waals surface area contributed by atoms with Crippen LogP contribution in [0.2, 0.25) is 5.15 Å². The van der Waals surface area contributed by atoms with Gasteiger partial charge in [0.1, 0.15) is 11.3 Å². The molecule has 0 unspecified atom stereocenters. The number of rotatable bonds is 4. The SMILES string of the molecule is Cl.N[C@@H]1CCCO[C@H]1c1sc2c(NCc3cccs3)cc(Cl)nc2c1I. The summed E-state index contributed by atoms with van der Waals surface area (Å²) in [7, 11) is 0. The third-order valence-electron chi connectivity index (χ3n) is 4.24. The van der Waals surface area contributed by atoms with Crippen LogP contribution >= 0.6 is 69.3 Å². The molecule has 3 aromatic heterocycles. The number of hydrogen-bond acceptors (Lipinski definition) is 6. The normalized spacial score (nSPS) is 20.1. The van der Waals surface area contributed by atoms with Crippen LogP contribution in [-0.2, 0) is 11.3 Å². The van der Waals surface area contributed by atoms with E-state index in [2.05, 4.69) is 50.4 Å². The van der Waals surface area contributed by atoms with Gasteiger partial charge in [-0.05, 0) is 46.9 Å². The molecule has 9 heteroatoms. The molecule has 0 radical (unpaired) electrons. The van der Waals surface area contributed by atoms with Gasteiger partial charge in [-0.1, -0.05) is 17.7 Å². The standard InChI is InChI=1S/C17H17ClIN3OS2.ClH/c18-12-7-11(21-8-9-3-2-6-24-9)16-14(22-12)13(19)17(25-16)15-10(20)4-1-5-23-15;/h2-3,6-7,10,15H,1,4-5,8,20H2,(H,21,22);1H/t10-,15-;/m1./s1. The van der Waals surface area contributed by atoms with Gasteiger partial charge in [-0.15, -0.1) is 35.1 Å². The van der Waals surface area contributed by atoms with Gasteiger partial charge in [0.05, 0.1) is 24.4 Å². The van der Waals surface area contributed by atoms with Crippen LogP contribution in [0.5, 0.6) is 0 Å². The largest absolute Gasteiger partial charge is 0.379 e. The van der Waals surface area contributed by atoms with Gasteiger partial charge in [-0.3, -0.25) is 0 Å². The zero-order chi connectivity index (χ0) is 17.4. The smallest absolute Gasteiger partial charge is 0.131 e. The lowest BCUT2D eigenvalue weighted by molar-refractivity contribution is 0.00196. The van der Waals surface area contributed by atoms with E-state index in [-0.39, 0.29) is 24.6 Å². The Morgan fingerprint density at radius 1 is 1.46 bits per heavy atom. The van der Waals surface area contributed by atoms with Crippen LogP contribution < -0.4 is 11.1 Å². The minimum atomic E-state index is -0.0521. The van der Waals surface area contributed by atoms with Gasteiger partial charge < -0.3 is 15.8 Å². The number of pyridine rings is 1. The molecule has 0 bridgehead atoms. The first-order chi connectivity index (χ1) is 12.1. The van der Waals surface area contributed by atoms with E-state index >= 15 is 0 Å². The first kappa shape index (κ1) is 20.6. The number of aromatic nitrogens is 1. The van der Waals surface area contributed by atoms with Gasteiger partial charge in [-0.2, -0.15) is 0 Å². The summed E-state index contributed by atoms with van der Waals surface area (Å²) < 4.78 is 8.19. The number of thiophene rings is 2. The lowest BCUT2D eigenvalue weighted by Crippen LogP contribution is -2.34. The van der Waals surface area contributed by atoms with Gasteiger partial charge in [0, 0.05) is 30.1 Å². The zero-order valence-electron chi connectivity index (χ0n) is 13.7. The maximum absolute atomic E-state index is 6.31. The highest BCUT2D eigenvalue weighted by atomic mass is 127. The maximum Gasteiger partial charge on any atom is 0.131 e. The molecule has 26 heavy (non-hydrogen) atoms. The molecule has 0 amide bonds. The number of anilines is 1. The Bertz CT molecular complexity index is 888. The lowest BCUT2D eigenvalue weighted by Gasteiger charge is -2.28. The first-order valence-corrected chi connectivity index (χ1v) is 11.2. The summed E-state index contributed by atoms with van der Waals surface area (Å²) in [4.78, 5) is 7.00. The van der Waals surface area contributed by atoms with Crippen molar-refractivity contribution < 1.29 is 4.74 Å². The second-order valence-corrected chi connectivity index (χ2v) is 9.53. The zero-order valence-corrected chi connectivity index (χ0v) is 19.1. The molecule has 1 fully saturated rings. The van der Waals surface area contributed by atoms with Crippen LogP contribution in [0, 0.1) is 3.57 Å². The Kier molecular flexibility index (Phi) is 7.04. The quantitative estimate of drug-likeness (QED) is 0.322. The molecule has 1 aliphatic rings. The predicted octanol–water partition coefficient (Wildman–Crippen LogP) is 5.83. The van der Waals surface area contributed by atoms with Crippen molar-refractivity contribution in [2.24, 2.45) is 5.73 Å². The summed E-state index contributed by atoms with van der Waals surface area (Å²) in [5.74, 6) is 0. The number of nitrogens with one attached hydrogen (secondary N) is 1. The van der Waals surface area contributed by atoms with Crippen LogP contribution in [0.15, 0.2) is 23.6 Å². The number of halogens is 3. The molecular formula is C17H18Cl2IN3OS2. The summed E-state index contributed by atoms with van der Waals surface area (Å²) in [6, 6.07) is 6.12. The molecular weight excluding hydrogens is 524 g/mol. The van der Waals surface area contributed by atoms with E-state index in [4.69, 9.17) is 22.1 Å². The lowest BCUT2D eigenvalue weighted by atomic mass is 10.0. The fraction of sp³-hybridized carbons (Fsp3) is 0.353. The number of fused-ring (bicyclic) bond motifs is 1. The van der Waals surface area contributed by atoms with Crippen molar-refractivity contribution in [3.05, 3.63) is 42.1 Å². The van der Waals surface area contributed by atoms with Gasteiger partial charge in [-0.25, -0.2) is 4.98 Å². The maximum atomic E-state index is 6.31. The minimum absolute atomic E-state index is 0. The van der Waals surface area contributed by atoms with Crippen molar-refractivity contribution in [1.82, 2.24) is 4.98 Å². The van der Waals surface area contributed by atoms with E-state index in [0.717, 1.165) is 50.3 Å². The highest BCUT2D eigenvalue weighted by Gasteiger charge is 2.29. The van der Waals surface area contributed by atoms with E-state index < -0.39 is 0 Å². The molecule has 4 rings (SSSR count). The van der Waals surface area contributed by atoms with Crippen molar-refractivity contribution in [3.8, 4) is 0 Å². The van der Waals surface area contributed by atoms with E-state index in [1.807, 2.05) is 6.07 Å². The highest BCUT2D eigenvalue weighted by Crippen LogP contribution is 2.43. The summed E-state index contributed by atoms with van der Waals surface area (Å²) >= 11 is 12.1. The van der Waals surface area contributed by atoms with Crippen molar-refractivity contribution in [3.63, 3.8) is 0 Å². The van der Waals surface area contributed by atoms with Crippen LogP contribution in [0.25, 0.3) is 10.2 Å². The Morgan fingerprint density at radius 3 is 3.04 bits per heavy atom. The molecule has 2 atom stereocenters. The number of nitrogens with two attached hydrogens (primary N) is 1. The molecule has 3 N–H and O–H groups in total. The van der Waals surface area contributed by atoms with Crippen molar-refractivity contribution in [2.75, 3.05) is 11.9 Å². The Labute approximate surface area is 185 Å². The van der Waals surface area contributed by atoms with Gasteiger partial charge in [0.2, 0.25) is 0 Å². The fourth-order valence-electron chi connectivity index (χ4n) is 3.01. The van der Waals surface area contributed by atoms with Crippen LogP contribution in [-0.4, -0.2) is 17.6 Å². The van der Waals surface area contributed by atoms with Crippen molar-refractivity contribution in [1.29, 1.82) is 0 Å². The van der Waals surface area contributed by atoms with Crippen LogP contribution in [0.1, 0.15) is 28.7 Å². The Hall–Kier alpha value is -0.160. The minimum Gasteiger partial charge on any atom is -0.379 e. The third-order valence-corrected chi connectivity index (χ3v) is 8.04. The molecule has 4 heterocycles. The molecule has 1 saturated heterocycles. The summed E-state index contributed by atoms with van der Waals surface area (Å²) in [5.41, 5.74) is 8.26. The van der Waals surface area contributed by atoms with E-state index in [1.54, 1.807) is 22.7 Å². The number of ether oxygens (including phenoxy) is 1. The van der Waals surface area contributed by atoms with Gasteiger partial charge in [0.25, 0.3) is 0 Å². The van der Waals surface area contributed by atoms with E-state index in [9.17, 15) is 0 Å². The molecule has 0 spiro atoms. The summed E-state index contributed by atoms with van der Waals surface area (Å²) in [5, 5.41) is 6.09. The summed E-state index contributed by atoms with van der Waals surface area (Å²) in [6.45, 7) is 1.54. The van der Waals surface area contributed by atoms with Crippen molar-refractivity contribution in [2.45, 2.75) is 31.5 Å². The molecule has 4 nitrogen and oxygen atoms in total. The monoisotopic (exact) mass is 541 g/mol. The molecule has 0 aliphatic carbocycles. The average molecular weight is 542 g/mol. The van der Waals surface area contributed by atoms with Crippen LogP contribution in [0.3, 0.4) is 0 Å². The van der Waals surface area contributed by atoms with Gasteiger partial charge in [0.15, 0.2) is 0 Å². The Balaban J connectivity index is 0.00000196. The first-order valence-electron chi connectivity index (χ1n) is 8.05. The summed E-state index contributed by atoms with van der Waals surface area (Å²) in [6.07, 6.45) is 1.97. The number of nitrogens with zero attached hydrogens (tertiary/aromatic N) is 1. The molecule has 0 saturated carbocycles. The Morgan fingerprint density at radius 2 is 2.31 bits per heavy atom. The average Bonchev–Trinajstić information content (AvgIpc) is 3.22.